The fraction of sp³-hybridized carbons (Fsp3) is 0.591. The van der Waals surface area contributed by atoms with Gasteiger partial charge in [0.05, 0.1) is 27.7 Å². The van der Waals surface area contributed by atoms with Crippen molar-refractivity contribution in [2.45, 2.75) is 290 Å². The van der Waals surface area contributed by atoms with Gasteiger partial charge in [0.2, 0.25) is 0 Å². The van der Waals surface area contributed by atoms with Crippen LogP contribution in [0.5, 0.6) is 0 Å². The molecule has 98 heavy (non-hydrogen) atoms. The predicted octanol–water partition coefficient (Wildman–Crippen LogP) is 25.5. The van der Waals surface area contributed by atoms with Crippen LogP contribution in [0.25, 0.3) is 0 Å². The second-order valence-corrected chi connectivity index (χ2v) is 27.7. The molecule has 0 heterocycles. The van der Waals surface area contributed by atoms with E-state index in [4.69, 9.17) is 18.5 Å². The van der Waals surface area contributed by atoms with Gasteiger partial charge < -0.3 is 27.9 Å². The minimum Gasteiger partial charge on any atom is -0.756 e. The highest BCUT2D eigenvalue weighted by atomic mass is 31.2. The van der Waals surface area contributed by atoms with Crippen LogP contribution in [0.2, 0.25) is 0 Å². The highest BCUT2D eigenvalue weighted by Gasteiger charge is 2.22. The van der Waals surface area contributed by atoms with E-state index in [-0.39, 0.29) is 26.1 Å². The molecule has 0 aromatic rings. The molecule has 0 amide bonds. The average molecular weight is 1370 g/mol. The second-order valence-electron chi connectivity index (χ2n) is 26.3. The molecule has 0 aliphatic carbocycles. The first-order chi connectivity index (χ1) is 48.0. The molecule has 0 saturated heterocycles. The normalized spacial score (nSPS) is 14.2. The Hall–Kier alpha value is -5.41. The Morgan fingerprint density at radius 3 is 0.837 bits per heavy atom. The first kappa shape index (κ1) is 92.6. The topological polar surface area (TPSA) is 111 Å². The monoisotopic (exact) mass is 1370 g/mol. The number of quaternary nitrogens is 1. The van der Waals surface area contributed by atoms with Crippen LogP contribution in [0, 0.1) is 0 Å². The van der Waals surface area contributed by atoms with E-state index in [1.807, 2.05) is 21.1 Å². The molecule has 0 rings (SSSR count). The average Bonchev–Trinajstić information content (AvgIpc) is 1.08. The number of carbonyl (C=O) groups excluding carboxylic acids is 2. The number of hydrogen-bond acceptors (Lipinski definition) is 8. The number of rotatable bonds is 69. The Balaban J connectivity index is 4.10. The maximum Gasteiger partial charge on any atom is 0.306 e. The molecular formula is C88H142NO8P. The highest BCUT2D eigenvalue weighted by Crippen LogP contribution is 2.38. The molecule has 0 spiro atoms. The zero-order chi connectivity index (χ0) is 71.1. The van der Waals surface area contributed by atoms with Crippen molar-refractivity contribution in [3.63, 3.8) is 0 Å². The number of esters is 2. The van der Waals surface area contributed by atoms with E-state index in [9.17, 15) is 19.0 Å². The zero-order valence-corrected chi connectivity index (χ0v) is 63.8. The molecule has 2 atom stereocenters. The Morgan fingerprint density at radius 1 is 0.316 bits per heavy atom. The molecule has 552 valence electrons. The quantitative estimate of drug-likeness (QED) is 0.0195. The summed E-state index contributed by atoms with van der Waals surface area (Å²) in [6.45, 7) is 3.95. The van der Waals surface area contributed by atoms with Crippen molar-refractivity contribution in [1.29, 1.82) is 0 Å². The third kappa shape index (κ3) is 79.6. The zero-order valence-electron chi connectivity index (χ0n) is 62.9. The molecule has 0 N–H and O–H groups in total. The Bertz CT molecular complexity index is 2410. The second kappa shape index (κ2) is 75.8. The number of carbonyl (C=O) groups is 2. The van der Waals surface area contributed by atoms with E-state index >= 15 is 0 Å². The number of unbranched alkanes of at least 4 members (excludes halogenated alkanes) is 21. The smallest absolute Gasteiger partial charge is 0.306 e. The van der Waals surface area contributed by atoms with Crippen LogP contribution in [0.1, 0.15) is 284 Å². The molecular weight excluding hydrogens is 1230 g/mol. The van der Waals surface area contributed by atoms with Crippen molar-refractivity contribution < 1.29 is 42.1 Å². The minimum atomic E-state index is -4.67. The first-order valence-electron chi connectivity index (χ1n) is 38.8. The Morgan fingerprint density at radius 2 is 0.551 bits per heavy atom. The summed E-state index contributed by atoms with van der Waals surface area (Å²) < 4.78 is 34.3. The van der Waals surface area contributed by atoms with Gasteiger partial charge in [0.15, 0.2) is 6.10 Å². The number of phosphoric ester groups is 1. The molecule has 0 aromatic carbocycles. The molecule has 0 saturated carbocycles. The van der Waals surface area contributed by atoms with E-state index in [2.05, 4.69) is 220 Å². The standard InChI is InChI=1S/C88H142NO8P/c1-6-8-10-12-14-16-18-20-22-24-26-28-30-32-34-36-38-40-41-42-43-44-45-46-47-49-50-52-54-56-58-60-62-64-66-68-70-72-74-76-78-80-87(90)94-84-86(85-96-98(92,93)95-83-82-89(3,4)5)97-88(91)81-79-77-75-73-71-69-67-65-63-61-59-57-55-53-51-48-39-37-35-33-31-29-27-25-23-21-19-17-15-13-11-9-7-2/h8-11,14-17,20-23,26-29,32-35,38-40,42-43,48,53,55,59,61,65,67,71,73,86H,6-7,12-13,18-19,24-25,30-31,36-37,41,44-47,49-52,54,56-58,60,62-64,66,68-70,72,74-85H2,1-5H3/b10-8-,11-9-,16-14-,17-15-,22-20-,23-21-,28-26-,29-27-,34-32-,35-33-,40-38-,43-42-,48-39-,55-53-,61-59-,67-65-,73-71-. The maximum atomic E-state index is 12.9. The van der Waals surface area contributed by atoms with Crippen molar-refractivity contribution in [3.05, 3.63) is 207 Å². The van der Waals surface area contributed by atoms with Crippen LogP contribution in [0.15, 0.2) is 207 Å². The highest BCUT2D eigenvalue weighted by molar-refractivity contribution is 7.45. The maximum absolute atomic E-state index is 12.9. The molecule has 9 nitrogen and oxygen atoms in total. The molecule has 0 bridgehead atoms. The lowest BCUT2D eigenvalue weighted by atomic mass is 10.0. The van der Waals surface area contributed by atoms with Crippen LogP contribution in [-0.4, -0.2) is 70.0 Å². The fourth-order valence-electron chi connectivity index (χ4n) is 9.96. The fourth-order valence-corrected chi connectivity index (χ4v) is 10.7. The number of phosphoric acid groups is 1. The largest absolute Gasteiger partial charge is 0.756 e. The van der Waals surface area contributed by atoms with Crippen LogP contribution in [-0.2, 0) is 32.7 Å². The third-order valence-electron chi connectivity index (χ3n) is 15.8. The number of ether oxygens (including phenoxy) is 2. The molecule has 0 radical (unpaired) electrons. The van der Waals surface area contributed by atoms with Gasteiger partial charge in [-0.1, -0.05) is 330 Å². The van der Waals surface area contributed by atoms with E-state index in [0.717, 1.165) is 141 Å². The lowest BCUT2D eigenvalue weighted by molar-refractivity contribution is -0.870. The summed E-state index contributed by atoms with van der Waals surface area (Å²) in [5, 5.41) is 0. The molecule has 0 aliphatic heterocycles. The van der Waals surface area contributed by atoms with Gasteiger partial charge in [-0.15, -0.1) is 0 Å². The summed E-state index contributed by atoms with van der Waals surface area (Å²) in [4.78, 5) is 38.1. The lowest BCUT2D eigenvalue weighted by Gasteiger charge is -2.28. The van der Waals surface area contributed by atoms with E-state index in [1.54, 1.807) is 0 Å². The number of nitrogens with zero attached hydrogens (tertiary/aromatic N) is 1. The van der Waals surface area contributed by atoms with Crippen LogP contribution >= 0.6 is 7.82 Å². The van der Waals surface area contributed by atoms with Crippen molar-refractivity contribution in [3.8, 4) is 0 Å². The molecule has 10 heteroatoms. The van der Waals surface area contributed by atoms with Crippen LogP contribution in [0.3, 0.4) is 0 Å². The summed E-state index contributed by atoms with van der Waals surface area (Å²) in [6.07, 6.45) is 119. The summed E-state index contributed by atoms with van der Waals surface area (Å²) in [6, 6.07) is 0. The van der Waals surface area contributed by atoms with E-state index in [0.29, 0.717) is 23.9 Å². The van der Waals surface area contributed by atoms with Crippen molar-refractivity contribution in [2.24, 2.45) is 0 Å². The Kier molecular flexibility index (Phi) is 71.6. The van der Waals surface area contributed by atoms with Gasteiger partial charge in [-0.3, -0.25) is 14.2 Å². The van der Waals surface area contributed by atoms with Crippen molar-refractivity contribution in [2.75, 3.05) is 47.5 Å². The SMILES string of the molecule is CC/C=C\C/C=C\C/C=C\C/C=C\C/C=C\C/C=C\C/C=C\C/C=C\C/C=C\C/C=C\CCCCC(=O)OC(COC(=O)CCCCCCCCCCCCCCCCCCCCC/C=C\C/C=C\C/C=C\C/C=C\C/C=C\C/C=C\C/C=C\CC)COP(=O)([O-])OCC[N+](C)(C)C. The number of hydrogen-bond donors (Lipinski definition) is 0. The summed E-state index contributed by atoms with van der Waals surface area (Å²) >= 11 is 0. The van der Waals surface area contributed by atoms with Crippen LogP contribution < -0.4 is 4.89 Å². The molecule has 0 fully saturated rings. The number of allylic oxidation sites excluding steroid dienone is 34. The molecule has 2 unspecified atom stereocenters. The van der Waals surface area contributed by atoms with Gasteiger partial charge in [0.1, 0.15) is 19.8 Å². The van der Waals surface area contributed by atoms with Gasteiger partial charge in [-0.05, 0) is 148 Å². The van der Waals surface area contributed by atoms with E-state index in [1.165, 1.54) is 103 Å². The summed E-state index contributed by atoms with van der Waals surface area (Å²) in [7, 11) is 1.12. The minimum absolute atomic E-state index is 0.0489. The van der Waals surface area contributed by atoms with E-state index < -0.39 is 32.5 Å². The van der Waals surface area contributed by atoms with Crippen LogP contribution in [0.4, 0.5) is 0 Å². The van der Waals surface area contributed by atoms with Gasteiger partial charge in [-0.2, -0.15) is 0 Å². The number of likely N-dealkylation sites (N-methyl/N-ethyl adjacent to an activating group) is 1. The molecule has 0 aliphatic rings. The Labute approximate surface area is 602 Å². The lowest BCUT2D eigenvalue weighted by Crippen LogP contribution is -2.37. The first-order valence-corrected chi connectivity index (χ1v) is 40.3. The molecule has 0 aromatic heterocycles. The third-order valence-corrected chi connectivity index (χ3v) is 16.8. The van der Waals surface area contributed by atoms with Gasteiger partial charge in [0.25, 0.3) is 7.82 Å². The van der Waals surface area contributed by atoms with Crippen molar-refractivity contribution in [1.82, 2.24) is 0 Å². The summed E-state index contributed by atoms with van der Waals surface area (Å²) in [5.74, 6) is -0.892. The van der Waals surface area contributed by atoms with Gasteiger partial charge in [-0.25, -0.2) is 0 Å². The van der Waals surface area contributed by atoms with Gasteiger partial charge in [0, 0.05) is 12.8 Å². The van der Waals surface area contributed by atoms with Crippen molar-refractivity contribution >= 4 is 19.8 Å². The predicted molar refractivity (Wildman–Crippen MR) is 424 cm³/mol. The van der Waals surface area contributed by atoms with Gasteiger partial charge >= 0.3 is 11.9 Å². The summed E-state index contributed by atoms with van der Waals surface area (Å²) in [5.41, 5.74) is 0.